The van der Waals surface area contributed by atoms with E-state index in [4.69, 9.17) is 9.26 Å². The fraction of sp³-hybridized carbons (Fsp3) is 0.348. The molecule has 0 radical (unpaired) electrons. The van der Waals surface area contributed by atoms with Crippen molar-refractivity contribution in [3.63, 3.8) is 0 Å². The Kier molecular flexibility index (Phi) is 7.75. The third kappa shape index (κ3) is 5.19. The number of hydroxylamine groups is 2. The number of ketones is 1. The first-order valence-electron chi connectivity index (χ1n) is 9.54. The minimum Gasteiger partial charge on any atom is -0.407 e. The third-order valence-corrected chi connectivity index (χ3v) is 9.88. The van der Waals surface area contributed by atoms with E-state index in [0.29, 0.717) is 13.0 Å². The molecule has 0 unspecified atom stereocenters. The van der Waals surface area contributed by atoms with E-state index >= 15 is 0 Å². The smallest absolute Gasteiger partial charge is 0.261 e. The molecule has 5 heteroatoms. The molecule has 4 nitrogen and oxygen atoms in total. The number of nitrogens with zero attached hydrogens (tertiary/aromatic N) is 1. The molecule has 0 amide bonds. The van der Waals surface area contributed by atoms with Crippen LogP contribution in [0.25, 0.3) is 0 Å². The van der Waals surface area contributed by atoms with Crippen molar-refractivity contribution in [2.24, 2.45) is 0 Å². The highest BCUT2D eigenvalue weighted by Gasteiger charge is 2.49. The summed E-state index contributed by atoms with van der Waals surface area (Å²) in [6.07, 6.45) is 3.47. The Balaban J connectivity index is 2.32. The molecule has 0 aromatic heterocycles. The molecule has 0 saturated heterocycles. The van der Waals surface area contributed by atoms with Crippen molar-refractivity contribution in [1.29, 1.82) is 0 Å². The van der Waals surface area contributed by atoms with Crippen LogP contribution in [0.4, 0.5) is 0 Å². The summed E-state index contributed by atoms with van der Waals surface area (Å²) in [5.74, 6) is 0.0156. The average molecular weight is 398 g/mol. The van der Waals surface area contributed by atoms with Crippen LogP contribution in [-0.4, -0.2) is 39.9 Å². The Morgan fingerprint density at radius 3 is 1.93 bits per heavy atom. The summed E-state index contributed by atoms with van der Waals surface area (Å²) in [6, 6.07) is 20.9. The van der Waals surface area contributed by atoms with E-state index < -0.39 is 8.32 Å². The Morgan fingerprint density at radius 2 is 1.50 bits per heavy atom. The summed E-state index contributed by atoms with van der Waals surface area (Å²) in [5.41, 5.74) is 0. The molecule has 2 rings (SSSR count). The molecule has 2 aromatic rings. The maximum Gasteiger partial charge on any atom is 0.261 e. The number of hydrogen-bond acceptors (Lipinski definition) is 4. The van der Waals surface area contributed by atoms with Gasteiger partial charge in [-0.2, -0.15) is 0 Å². The first-order valence-corrected chi connectivity index (χ1v) is 11.4. The van der Waals surface area contributed by atoms with Crippen LogP contribution in [0.15, 0.2) is 72.9 Å². The number of allylic oxidation sites excluding steroid dienone is 1. The van der Waals surface area contributed by atoms with Gasteiger partial charge in [0.15, 0.2) is 5.78 Å². The highest BCUT2D eigenvalue weighted by Crippen LogP contribution is 2.36. The molecule has 0 heterocycles. The Hall–Kier alpha value is -2.21. The summed E-state index contributed by atoms with van der Waals surface area (Å²) in [6.45, 7) is 7.07. The zero-order chi connectivity index (χ0) is 20.6. The minimum absolute atomic E-state index is 0.0156. The van der Waals surface area contributed by atoms with E-state index in [2.05, 4.69) is 69.3 Å². The minimum atomic E-state index is -2.58. The molecule has 0 atom stereocenters. The maximum atomic E-state index is 12.2. The molecule has 0 saturated carbocycles. The second-order valence-electron chi connectivity index (χ2n) is 7.77. The van der Waals surface area contributed by atoms with Crippen LogP contribution in [0.5, 0.6) is 0 Å². The SMILES string of the molecule is CON(C)/C=C/C(=O)CCO[Si](c1ccccc1)(c1ccccc1)C(C)(C)C. The van der Waals surface area contributed by atoms with Crippen LogP contribution < -0.4 is 10.4 Å². The van der Waals surface area contributed by atoms with Gasteiger partial charge < -0.3 is 4.43 Å². The first-order chi connectivity index (χ1) is 13.3. The predicted molar refractivity (Wildman–Crippen MR) is 117 cm³/mol. The molecule has 0 spiro atoms. The number of hydrogen-bond donors (Lipinski definition) is 0. The van der Waals surface area contributed by atoms with E-state index in [1.165, 1.54) is 21.5 Å². The standard InChI is InChI=1S/C23H31NO3Si/c1-23(2,3)28(21-12-8-6-9-13-21,22-14-10-7-11-15-22)27-19-17-20(25)16-18-24(4)26-5/h6-16,18H,17,19H2,1-5H3/b18-16+. The highest BCUT2D eigenvalue weighted by molar-refractivity contribution is 6.99. The van der Waals surface area contributed by atoms with Crippen LogP contribution in [0, 0.1) is 0 Å². The quantitative estimate of drug-likeness (QED) is 0.369. The van der Waals surface area contributed by atoms with Crippen LogP contribution in [0.2, 0.25) is 5.04 Å². The van der Waals surface area contributed by atoms with Crippen molar-refractivity contribution in [3.8, 4) is 0 Å². The van der Waals surface area contributed by atoms with Crippen LogP contribution in [0.1, 0.15) is 27.2 Å². The van der Waals surface area contributed by atoms with Gasteiger partial charge in [0.25, 0.3) is 8.32 Å². The van der Waals surface area contributed by atoms with E-state index in [1.807, 2.05) is 12.1 Å². The maximum absolute atomic E-state index is 12.2. The fourth-order valence-corrected chi connectivity index (χ4v) is 7.96. The van der Waals surface area contributed by atoms with Crippen molar-refractivity contribution >= 4 is 24.5 Å². The van der Waals surface area contributed by atoms with Gasteiger partial charge in [0.2, 0.25) is 0 Å². The summed E-state index contributed by atoms with van der Waals surface area (Å²) < 4.78 is 6.71. The van der Waals surface area contributed by atoms with E-state index in [0.717, 1.165) is 0 Å². The molecule has 2 aromatic carbocycles. The molecule has 150 valence electrons. The van der Waals surface area contributed by atoms with Gasteiger partial charge in [-0.1, -0.05) is 81.4 Å². The lowest BCUT2D eigenvalue weighted by molar-refractivity contribution is -0.115. The zero-order valence-corrected chi connectivity index (χ0v) is 18.5. The number of benzene rings is 2. The Bertz CT molecular complexity index is 730. The van der Waals surface area contributed by atoms with Crippen LogP contribution >= 0.6 is 0 Å². The molecule has 0 aliphatic carbocycles. The van der Waals surface area contributed by atoms with Gasteiger partial charge in [-0.3, -0.25) is 14.7 Å². The van der Waals surface area contributed by atoms with Gasteiger partial charge in [-0.05, 0) is 21.5 Å². The third-order valence-electron chi connectivity index (χ3n) is 4.84. The monoisotopic (exact) mass is 397 g/mol. The van der Waals surface area contributed by atoms with Gasteiger partial charge in [0.05, 0.1) is 7.11 Å². The van der Waals surface area contributed by atoms with Crippen molar-refractivity contribution in [3.05, 3.63) is 72.9 Å². The van der Waals surface area contributed by atoms with Crippen LogP contribution in [0.3, 0.4) is 0 Å². The molecule has 0 bridgehead atoms. The molecular weight excluding hydrogens is 366 g/mol. The number of rotatable bonds is 9. The normalized spacial score (nSPS) is 12.3. The number of carbonyl (C=O) groups excluding carboxylic acids is 1. The van der Waals surface area contributed by atoms with Gasteiger partial charge in [0, 0.05) is 26.3 Å². The zero-order valence-electron chi connectivity index (χ0n) is 17.5. The molecule has 0 aliphatic heterocycles. The van der Waals surface area contributed by atoms with Gasteiger partial charge in [0.1, 0.15) is 0 Å². The van der Waals surface area contributed by atoms with E-state index in [9.17, 15) is 4.79 Å². The van der Waals surface area contributed by atoms with Gasteiger partial charge in [-0.25, -0.2) is 0 Å². The highest BCUT2D eigenvalue weighted by atomic mass is 28.4. The van der Waals surface area contributed by atoms with E-state index in [-0.39, 0.29) is 10.8 Å². The lowest BCUT2D eigenvalue weighted by atomic mass is 10.2. The summed E-state index contributed by atoms with van der Waals surface area (Å²) >= 11 is 0. The first kappa shape index (κ1) is 22.1. The van der Waals surface area contributed by atoms with Crippen molar-refractivity contribution in [2.75, 3.05) is 20.8 Å². The molecule has 0 fully saturated rings. The second kappa shape index (κ2) is 9.82. The lowest BCUT2D eigenvalue weighted by Gasteiger charge is -2.43. The fourth-order valence-electron chi connectivity index (χ4n) is 3.40. The molecule has 28 heavy (non-hydrogen) atoms. The second-order valence-corrected chi connectivity index (χ2v) is 12.1. The Morgan fingerprint density at radius 1 is 1.00 bits per heavy atom. The largest absolute Gasteiger partial charge is 0.407 e. The van der Waals surface area contributed by atoms with Gasteiger partial charge in [-0.15, -0.1) is 0 Å². The topological polar surface area (TPSA) is 38.8 Å². The average Bonchev–Trinajstić information content (AvgIpc) is 2.69. The van der Waals surface area contributed by atoms with E-state index in [1.54, 1.807) is 20.4 Å². The van der Waals surface area contributed by atoms with Crippen LogP contribution in [-0.2, 0) is 14.1 Å². The summed E-state index contributed by atoms with van der Waals surface area (Å²) in [7, 11) is 0.716. The Labute approximate surface area is 169 Å². The van der Waals surface area contributed by atoms with Crippen molar-refractivity contribution in [1.82, 2.24) is 5.06 Å². The summed E-state index contributed by atoms with van der Waals surface area (Å²) in [5, 5.41) is 3.83. The molecular formula is C23H31NO3Si. The molecule has 0 N–H and O–H groups in total. The predicted octanol–water partition coefficient (Wildman–Crippen LogP) is 3.53. The van der Waals surface area contributed by atoms with Crippen molar-refractivity contribution < 1.29 is 14.1 Å². The van der Waals surface area contributed by atoms with Crippen molar-refractivity contribution in [2.45, 2.75) is 32.2 Å². The molecule has 0 aliphatic rings. The number of carbonyl (C=O) groups is 1. The lowest BCUT2D eigenvalue weighted by Crippen LogP contribution is -2.66. The van der Waals surface area contributed by atoms with Gasteiger partial charge >= 0.3 is 0 Å². The summed E-state index contributed by atoms with van der Waals surface area (Å²) in [4.78, 5) is 17.2.